The molecule has 0 saturated carbocycles. The Labute approximate surface area is 152 Å². The van der Waals surface area contributed by atoms with Gasteiger partial charge in [-0.15, -0.1) is 0 Å². The van der Waals surface area contributed by atoms with E-state index < -0.39 is 0 Å². The number of amides is 1. The Balaban J connectivity index is 1.62. The third-order valence-corrected chi connectivity index (χ3v) is 5.47. The summed E-state index contributed by atoms with van der Waals surface area (Å²) in [6.07, 6.45) is 4.48. The number of carbonyl (C=O) groups excluding carboxylic acids is 1. The number of fused-ring (bicyclic) bond motifs is 4. The van der Waals surface area contributed by atoms with Gasteiger partial charge in [-0.1, -0.05) is 6.07 Å². The summed E-state index contributed by atoms with van der Waals surface area (Å²) in [5.41, 5.74) is 2.01. The van der Waals surface area contributed by atoms with Crippen molar-refractivity contribution < 1.29 is 4.79 Å². The minimum absolute atomic E-state index is 0.0211. The zero-order valence-corrected chi connectivity index (χ0v) is 15.6. The predicted octanol–water partition coefficient (Wildman–Crippen LogP) is 0.903. The van der Waals surface area contributed by atoms with Gasteiger partial charge >= 0.3 is 0 Å². The molecule has 2 bridgehead atoms. The van der Waals surface area contributed by atoms with Gasteiger partial charge in [0.15, 0.2) is 5.82 Å². The van der Waals surface area contributed by atoms with Gasteiger partial charge in [-0.25, -0.2) is 4.98 Å². The minimum atomic E-state index is -0.0211. The lowest BCUT2D eigenvalue weighted by Gasteiger charge is -2.42. The highest BCUT2D eigenvalue weighted by atomic mass is 16.2. The van der Waals surface area contributed by atoms with Crippen molar-refractivity contribution >= 4 is 5.91 Å². The fraction of sp³-hybridized carbons (Fsp3) is 0.526. The van der Waals surface area contributed by atoms with Crippen molar-refractivity contribution in [3.8, 4) is 0 Å². The number of likely N-dealkylation sites (tertiary alicyclic amines) is 1. The summed E-state index contributed by atoms with van der Waals surface area (Å²) >= 11 is 0. The molecule has 0 aromatic carbocycles. The number of hydrogen-bond donors (Lipinski definition) is 0. The summed E-state index contributed by atoms with van der Waals surface area (Å²) < 4.78 is 3.71. The molecule has 4 rings (SSSR count). The van der Waals surface area contributed by atoms with Gasteiger partial charge in [-0.2, -0.15) is 0 Å². The van der Waals surface area contributed by atoms with Gasteiger partial charge in [-0.05, 0) is 32.5 Å². The number of hydrogen-bond acceptors (Lipinski definition) is 4. The van der Waals surface area contributed by atoms with E-state index in [1.54, 1.807) is 17.0 Å². The Morgan fingerprint density at radius 1 is 1.27 bits per heavy atom. The molecule has 4 heterocycles. The Morgan fingerprint density at radius 2 is 2.08 bits per heavy atom. The summed E-state index contributed by atoms with van der Waals surface area (Å²) in [6, 6.07) is 4.03. The first-order chi connectivity index (χ1) is 12.4. The zero-order valence-electron chi connectivity index (χ0n) is 15.6. The van der Waals surface area contributed by atoms with Crippen molar-refractivity contribution in [3.05, 3.63) is 52.0 Å². The van der Waals surface area contributed by atoms with E-state index in [2.05, 4.69) is 11.1 Å². The predicted molar refractivity (Wildman–Crippen MR) is 98.1 cm³/mol. The van der Waals surface area contributed by atoms with E-state index in [9.17, 15) is 9.59 Å². The van der Waals surface area contributed by atoms with Gasteiger partial charge in [0.05, 0.1) is 0 Å². The van der Waals surface area contributed by atoms with Crippen molar-refractivity contribution in [2.45, 2.75) is 25.4 Å². The van der Waals surface area contributed by atoms with Gasteiger partial charge in [0.25, 0.3) is 11.5 Å². The molecule has 2 aromatic heterocycles. The molecular formula is C19H25N5O2. The molecule has 138 valence electrons. The second kappa shape index (κ2) is 6.39. The van der Waals surface area contributed by atoms with Gasteiger partial charge in [-0.3, -0.25) is 9.59 Å². The average Bonchev–Trinajstić information content (AvgIpc) is 3.02. The Kier molecular flexibility index (Phi) is 4.19. The largest absolute Gasteiger partial charge is 0.335 e. The van der Waals surface area contributed by atoms with Crippen molar-refractivity contribution in [1.82, 2.24) is 23.9 Å². The highest BCUT2D eigenvalue weighted by Crippen LogP contribution is 2.35. The van der Waals surface area contributed by atoms with Crippen LogP contribution in [0.4, 0.5) is 0 Å². The highest BCUT2D eigenvalue weighted by molar-refractivity contribution is 5.91. The summed E-state index contributed by atoms with van der Waals surface area (Å²) in [7, 11) is 5.78. The zero-order chi connectivity index (χ0) is 18.4. The van der Waals surface area contributed by atoms with Gasteiger partial charge < -0.3 is 18.9 Å². The maximum absolute atomic E-state index is 12.9. The highest BCUT2D eigenvalue weighted by Gasteiger charge is 2.37. The van der Waals surface area contributed by atoms with Crippen LogP contribution in [-0.4, -0.2) is 57.0 Å². The number of imidazole rings is 1. The number of aryl methyl sites for hydroxylation is 1. The molecule has 7 nitrogen and oxygen atoms in total. The molecule has 1 saturated heterocycles. The van der Waals surface area contributed by atoms with Gasteiger partial charge in [0.1, 0.15) is 0 Å². The molecule has 0 spiro atoms. The third kappa shape index (κ3) is 2.86. The number of aromatic nitrogens is 3. The Bertz CT molecular complexity index is 898. The number of nitrogens with zero attached hydrogens (tertiary/aromatic N) is 5. The fourth-order valence-electron chi connectivity index (χ4n) is 4.33. The van der Waals surface area contributed by atoms with Crippen LogP contribution in [0.3, 0.4) is 0 Å². The summed E-state index contributed by atoms with van der Waals surface area (Å²) in [6.45, 7) is 2.68. The van der Waals surface area contributed by atoms with Crippen LogP contribution in [0.15, 0.2) is 29.3 Å². The van der Waals surface area contributed by atoms with Crippen LogP contribution >= 0.6 is 0 Å². The molecular weight excluding hydrogens is 330 g/mol. The molecule has 7 heteroatoms. The molecule has 2 atom stereocenters. The number of piperidine rings is 1. The fourth-order valence-corrected chi connectivity index (χ4v) is 4.33. The third-order valence-electron chi connectivity index (χ3n) is 5.47. The molecule has 2 aliphatic heterocycles. The Morgan fingerprint density at radius 3 is 2.77 bits per heavy atom. The molecule has 0 aliphatic carbocycles. The number of carbonyl (C=O) groups is 1. The second-order valence-corrected chi connectivity index (χ2v) is 7.81. The maximum Gasteiger partial charge on any atom is 0.289 e. The van der Waals surface area contributed by atoms with E-state index in [1.807, 2.05) is 41.6 Å². The lowest BCUT2D eigenvalue weighted by molar-refractivity contribution is 0.0578. The number of pyridine rings is 1. The topological polar surface area (TPSA) is 63.4 Å². The van der Waals surface area contributed by atoms with Crippen LogP contribution in [-0.2, 0) is 20.1 Å². The summed E-state index contributed by atoms with van der Waals surface area (Å²) in [5, 5.41) is 0. The first kappa shape index (κ1) is 17.0. The van der Waals surface area contributed by atoms with Gasteiger partial charge in [0, 0.05) is 62.8 Å². The van der Waals surface area contributed by atoms with E-state index in [1.165, 1.54) is 0 Å². The monoisotopic (exact) mass is 355 g/mol. The van der Waals surface area contributed by atoms with Crippen LogP contribution in [0.5, 0.6) is 0 Å². The van der Waals surface area contributed by atoms with Crippen LogP contribution in [0.2, 0.25) is 0 Å². The second-order valence-electron chi connectivity index (χ2n) is 7.81. The van der Waals surface area contributed by atoms with Crippen molar-refractivity contribution in [2.24, 2.45) is 13.0 Å². The lowest BCUT2D eigenvalue weighted by atomic mass is 9.83. The number of rotatable bonds is 3. The van der Waals surface area contributed by atoms with Crippen LogP contribution in [0.1, 0.15) is 34.2 Å². The molecule has 2 aromatic rings. The van der Waals surface area contributed by atoms with E-state index in [0.29, 0.717) is 37.9 Å². The van der Waals surface area contributed by atoms with Crippen molar-refractivity contribution in [1.29, 1.82) is 0 Å². The van der Waals surface area contributed by atoms with Gasteiger partial charge in [0.2, 0.25) is 0 Å². The summed E-state index contributed by atoms with van der Waals surface area (Å²) in [5.74, 6) is 0.988. The standard InChI is InChI=1S/C19H25N5O2/c1-21(2)11-14-4-5-16-15-8-13(10-24(16)18(14)25)9-23(12-15)19(26)17-20-6-7-22(17)3/h4-7,13,15H,8-12H2,1-3H3/t13-,15+/m0/s1. The van der Waals surface area contributed by atoms with Crippen LogP contribution in [0, 0.1) is 5.92 Å². The van der Waals surface area contributed by atoms with E-state index >= 15 is 0 Å². The lowest BCUT2D eigenvalue weighted by Crippen LogP contribution is -2.50. The SMILES string of the molecule is CN(C)Cc1ccc2n(c1=O)C[C@H]1C[C@@H]2CN(C(=O)c2nccn2C)C1. The molecule has 0 N–H and O–H groups in total. The van der Waals surface area contributed by atoms with Crippen molar-refractivity contribution in [2.75, 3.05) is 27.2 Å². The van der Waals surface area contributed by atoms with Crippen LogP contribution in [0.25, 0.3) is 0 Å². The normalized spacial score (nSPS) is 21.8. The Hall–Kier alpha value is -2.41. The maximum atomic E-state index is 12.9. The smallest absolute Gasteiger partial charge is 0.289 e. The molecule has 0 unspecified atom stereocenters. The molecule has 1 amide bonds. The first-order valence-corrected chi connectivity index (χ1v) is 9.08. The molecule has 2 aliphatic rings. The molecule has 1 fully saturated rings. The average molecular weight is 355 g/mol. The first-order valence-electron chi connectivity index (χ1n) is 9.08. The minimum Gasteiger partial charge on any atom is -0.335 e. The van der Waals surface area contributed by atoms with Crippen LogP contribution < -0.4 is 5.56 Å². The van der Waals surface area contributed by atoms with Crippen molar-refractivity contribution in [3.63, 3.8) is 0 Å². The van der Waals surface area contributed by atoms with E-state index in [0.717, 1.165) is 17.7 Å². The van der Waals surface area contributed by atoms with E-state index in [4.69, 9.17) is 0 Å². The summed E-state index contributed by atoms with van der Waals surface area (Å²) in [4.78, 5) is 33.8. The van der Waals surface area contributed by atoms with E-state index in [-0.39, 0.29) is 17.4 Å². The quantitative estimate of drug-likeness (QED) is 0.821. The molecule has 26 heavy (non-hydrogen) atoms. The molecule has 0 radical (unpaired) electrons.